The van der Waals surface area contributed by atoms with Gasteiger partial charge in [-0.3, -0.25) is 0 Å². The molecular formula is C17H13N3S. The van der Waals surface area contributed by atoms with E-state index in [1.807, 2.05) is 42.6 Å². The molecule has 0 unspecified atom stereocenters. The van der Waals surface area contributed by atoms with E-state index in [0.717, 1.165) is 27.6 Å². The smallest absolute Gasteiger partial charge is 0.187 e. The molecule has 2 N–H and O–H groups in total. The topological polar surface area (TPSA) is 40.7 Å². The number of H-pyrrole nitrogens is 1. The summed E-state index contributed by atoms with van der Waals surface area (Å²) in [7, 11) is 0. The standard InChI is InChI=1S/C17H13N3S/c1-2-6-12(7-3-1)19-17-20-16(11-21-17)14-10-18-15-9-5-4-8-13(14)15/h1-11,18H,(H,19,20). The minimum Gasteiger partial charge on any atom is -0.360 e. The molecule has 0 fully saturated rings. The zero-order chi connectivity index (χ0) is 14.1. The molecule has 0 saturated carbocycles. The predicted molar refractivity (Wildman–Crippen MR) is 89.1 cm³/mol. The molecular weight excluding hydrogens is 278 g/mol. The number of benzene rings is 2. The minimum atomic E-state index is 0.904. The fourth-order valence-corrected chi connectivity index (χ4v) is 3.11. The van der Waals surface area contributed by atoms with Gasteiger partial charge in [-0.15, -0.1) is 11.3 Å². The number of thiazole rings is 1. The van der Waals surface area contributed by atoms with Crippen molar-refractivity contribution in [1.29, 1.82) is 0 Å². The highest BCUT2D eigenvalue weighted by Crippen LogP contribution is 2.31. The van der Waals surface area contributed by atoms with Gasteiger partial charge >= 0.3 is 0 Å². The van der Waals surface area contributed by atoms with Crippen molar-refractivity contribution in [3.8, 4) is 11.3 Å². The van der Waals surface area contributed by atoms with Gasteiger partial charge in [0.2, 0.25) is 0 Å². The zero-order valence-corrected chi connectivity index (χ0v) is 12.0. The van der Waals surface area contributed by atoms with Crippen LogP contribution in [0, 0.1) is 0 Å². The van der Waals surface area contributed by atoms with Crippen molar-refractivity contribution in [3.63, 3.8) is 0 Å². The van der Waals surface area contributed by atoms with Gasteiger partial charge in [0.25, 0.3) is 0 Å². The molecule has 4 aromatic rings. The van der Waals surface area contributed by atoms with Crippen LogP contribution in [0.25, 0.3) is 22.2 Å². The van der Waals surface area contributed by atoms with E-state index >= 15 is 0 Å². The van der Waals surface area contributed by atoms with Crippen molar-refractivity contribution in [3.05, 3.63) is 66.2 Å². The van der Waals surface area contributed by atoms with Crippen LogP contribution in [-0.4, -0.2) is 9.97 Å². The van der Waals surface area contributed by atoms with Gasteiger partial charge < -0.3 is 10.3 Å². The highest BCUT2D eigenvalue weighted by molar-refractivity contribution is 7.14. The van der Waals surface area contributed by atoms with Crippen LogP contribution in [0.15, 0.2) is 66.2 Å². The Morgan fingerprint density at radius 3 is 2.67 bits per heavy atom. The van der Waals surface area contributed by atoms with Gasteiger partial charge in [-0.25, -0.2) is 4.98 Å². The van der Waals surface area contributed by atoms with E-state index in [1.165, 1.54) is 5.39 Å². The van der Waals surface area contributed by atoms with E-state index in [2.05, 4.69) is 38.9 Å². The maximum absolute atomic E-state index is 4.69. The highest BCUT2D eigenvalue weighted by atomic mass is 32.1. The third-order valence-electron chi connectivity index (χ3n) is 3.39. The summed E-state index contributed by atoms with van der Waals surface area (Å²) in [5, 5.41) is 7.52. The summed E-state index contributed by atoms with van der Waals surface area (Å²) in [5.74, 6) is 0. The summed E-state index contributed by atoms with van der Waals surface area (Å²) >= 11 is 1.62. The monoisotopic (exact) mass is 291 g/mol. The number of nitrogens with one attached hydrogen (secondary N) is 2. The van der Waals surface area contributed by atoms with Crippen molar-refractivity contribution in [1.82, 2.24) is 9.97 Å². The lowest BCUT2D eigenvalue weighted by molar-refractivity contribution is 1.38. The third-order valence-corrected chi connectivity index (χ3v) is 4.15. The first-order valence-corrected chi connectivity index (χ1v) is 7.62. The SMILES string of the molecule is c1ccc(Nc2nc(-c3c[nH]c4ccccc34)cs2)cc1. The van der Waals surface area contributed by atoms with E-state index in [-0.39, 0.29) is 0 Å². The van der Waals surface area contributed by atoms with E-state index in [4.69, 9.17) is 0 Å². The first-order valence-electron chi connectivity index (χ1n) is 6.74. The van der Waals surface area contributed by atoms with E-state index in [9.17, 15) is 0 Å². The lowest BCUT2D eigenvalue weighted by Gasteiger charge is -2.00. The van der Waals surface area contributed by atoms with Gasteiger partial charge in [0.15, 0.2) is 5.13 Å². The van der Waals surface area contributed by atoms with Crippen molar-refractivity contribution in [2.24, 2.45) is 0 Å². The Balaban J connectivity index is 1.68. The highest BCUT2D eigenvalue weighted by Gasteiger charge is 2.09. The van der Waals surface area contributed by atoms with E-state index in [0.29, 0.717) is 0 Å². The second kappa shape index (κ2) is 5.07. The first-order chi connectivity index (χ1) is 10.4. The lowest BCUT2D eigenvalue weighted by Crippen LogP contribution is -1.88. The summed E-state index contributed by atoms with van der Waals surface area (Å²) < 4.78 is 0. The van der Waals surface area contributed by atoms with E-state index in [1.54, 1.807) is 11.3 Å². The molecule has 0 atom stereocenters. The summed E-state index contributed by atoms with van der Waals surface area (Å²) in [5.41, 5.74) is 4.33. The Bertz CT molecular complexity index is 877. The average Bonchev–Trinajstić information content (AvgIpc) is 3.14. The lowest BCUT2D eigenvalue weighted by atomic mass is 10.1. The molecule has 102 valence electrons. The summed E-state index contributed by atoms with van der Waals surface area (Å²) in [4.78, 5) is 7.98. The molecule has 0 radical (unpaired) electrons. The Hall–Kier alpha value is -2.59. The molecule has 2 aromatic carbocycles. The normalized spacial score (nSPS) is 10.9. The van der Waals surface area contributed by atoms with Crippen LogP contribution < -0.4 is 5.32 Å². The molecule has 2 heterocycles. The third kappa shape index (κ3) is 2.30. The number of hydrogen-bond donors (Lipinski definition) is 2. The number of rotatable bonds is 3. The molecule has 0 aliphatic carbocycles. The largest absolute Gasteiger partial charge is 0.360 e. The second-order valence-electron chi connectivity index (χ2n) is 4.78. The van der Waals surface area contributed by atoms with Crippen molar-refractivity contribution < 1.29 is 0 Å². The Morgan fingerprint density at radius 1 is 0.952 bits per heavy atom. The fourth-order valence-electron chi connectivity index (χ4n) is 2.38. The predicted octanol–water partition coefficient (Wildman–Crippen LogP) is 5.04. The number of nitrogens with zero attached hydrogens (tertiary/aromatic N) is 1. The number of anilines is 2. The van der Waals surface area contributed by atoms with Gasteiger partial charge in [-0.1, -0.05) is 36.4 Å². The molecule has 4 rings (SSSR count). The van der Waals surface area contributed by atoms with Crippen molar-refractivity contribution in [2.45, 2.75) is 0 Å². The molecule has 0 amide bonds. The van der Waals surface area contributed by atoms with Gasteiger partial charge in [-0.2, -0.15) is 0 Å². The van der Waals surface area contributed by atoms with Crippen molar-refractivity contribution >= 4 is 33.1 Å². The summed E-state index contributed by atoms with van der Waals surface area (Å²) in [6, 6.07) is 18.4. The Labute approximate surface area is 126 Å². The molecule has 4 heteroatoms. The van der Waals surface area contributed by atoms with Crippen LogP contribution in [0.4, 0.5) is 10.8 Å². The number of para-hydroxylation sites is 2. The van der Waals surface area contributed by atoms with Crippen LogP contribution in [-0.2, 0) is 0 Å². The summed E-state index contributed by atoms with van der Waals surface area (Å²) in [6.45, 7) is 0. The molecule has 21 heavy (non-hydrogen) atoms. The Morgan fingerprint density at radius 2 is 1.76 bits per heavy atom. The molecule has 0 spiro atoms. The molecule has 0 aliphatic rings. The maximum Gasteiger partial charge on any atom is 0.187 e. The zero-order valence-electron chi connectivity index (χ0n) is 11.2. The maximum atomic E-state index is 4.69. The van der Waals surface area contributed by atoms with Crippen LogP contribution >= 0.6 is 11.3 Å². The molecule has 2 aromatic heterocycles. The minimum absolute atomic E-state index is 0.904. The molecule has 3 nitrogen and oxygen atoms in total. The van der Waals surface area contributed by atoms with Gasteiger partial charge in [0.1, 0.15) is 0 Å². The second-order valence-corrected chi connectivity index (χ2v) is 5.63. The van der Waals surface area contributed by atoms with Crippen LogP contribution in [0.5, 0.6) is 0 Å². The van der Waals surface area contributed by atoms with Crippen LogP contribution in [0.1, 0.15) is 0 Å². The number of fused-ring (bicyclic) bond motifs is 1. The number of aromatic nitrogens is 2. The fraction of sp³-hybridized carbons (Fsp3) is 0. The van der Waals surface area contributed by atoms with Crippen molar-refractivity contribution in [2.75, 3.05) is 5.32 Å². The number of aromatic amines is 1. The van der Waals surface area contributed by atoms with E-state index < -0.39 is 0 Å². The summed E-state index contributed by atoms with van der Waals surface area (Å²) in [6.07, 6.45) is 2.02. The molecule has 0 saturated heterocycles. The van der Waals surface area contributed by atoms with Crippen LogP contribution in [0.3, 0.4) is 0 Å². The van der Waals surface area contributed by atoms with Gasteiger partial charge in [-0.05, 0) is 18.2 Å². The average molecular weight is 291 g/mol. The first kappa shape index (κ1) is 12.2. The van der Waals surface area contributed by atoms with Crippen LogP contribution in [0.2, 0.25) is 0 Å². The van der Waals surface area contributed by atoms with Gasteiger partial charge in [0, 0.05) is 33.7 Å². The number of hydrogen-bond acceptors (Lipinski definition) is 3. The quantitative estimate of drug-likeness (QED) is 0.555. The van der Waals surface area contributed by atoms with Gasteiger partial charge in [0.05, 0.1) is 5.69 Å². The molecule has 0 aliphatic heterocycles. The Kier molecular flexibility index (Phi) is 2.94. The molecule has 0 bridgehead atoms.